The Morgan fingerprint density at radius 3 is 2.78 bits per heavy atom. The monoisotopic (exact) mass is 310 g/mol. The van der Waals surface area contributed by atoms with Crippen LogP contribution in [0, 0.1) is 10.1 Å². The van der Waals surface area contributed by atoms with E-state index < -0.39 is 20.6 Å². The zero-order valence-corrected chi connectivity index (χ0v) is 11.8. The lowest BCUT2D eigenvalue weighted by atomic mass is 10.4. The first-order valence-corrected chi connectivity index (χ1v) is 7.61. The summed E-state index contributed by atoms with van der Waals surface area (Å²) >= 11 is 6.27. The van der Waals surface area contributed by atoms with Gasteiger partial charge < -0.3 is 0 Å². The van der Waals surface area contributed by atoms with E-state index in [9.17, 15) is 18.5 Å². The summed E-state index contributed by atoms with van der Waals surface area (Å²) < 4.78 is 25.6. The maximum atomic E-state index is 11.8. The Hall–Kier alpha value is -0.960. The predicted molar refractivity (Wildman–Crippen MR) is 70.6 cm³/mol. The topological polar surface area (TPSA) is 89.3 Å². The number of rotatable bonds is 6. The molecule has 0 saturated heterocycles. The summed E-state index contributed by atoms with van der Waals surface area (Å²) in [5.41, 5.74) is -0.393. The number of nitrogens with zero attached hydrogens (tertiary/aromatic N) is 1. The molecule has 1 aromatic heterocycles. The van der Waals surface area contributed by atoms with E-state index in [4.69, 9.17) is 11.6 Å². The predicted octanol–water partition coefficient (Wildman–Crippen LogP) is 2.55. The summed E-state index contributed by atoms with van der Waals surface area (Å²) in [4.78, 5) is 9.85. The largest absolute Gasteiger partial charge is 0.300 e. The van der Waals surface area contributed by atoms with Crippen LogP contribution in [-0.4, -0.2) is 19.9 Å². The number of allylic oxidation sites excluding steroid dienone is 1. The molecule has 1 rings (SSSR count). The van der Waals surface area contributed by atoms with Gasteiger partial charge in [-0.15, -0.1) is 11.3 Å². The molecule has 0 amide bonds. The molecule has 0 fully saturated rings. The maximum absolute atomic E-state index is 11.8. The summed E-state index contributed by atoms with van der Waals surface area (Å²) in [5, 5.41) is 10.6. The van der Waals surface area contributed by atoms with Gasteiger partial charge in [-0.3, -0.25) is 10.1 Å². The first kappa shape index (κ1) is 15.1. The van der Waals surface area contributed by atoms with Crippen molar-refractivity contribution in [3.63, 3.8) is 0 Å². The lowest BCUT2D eigenvalue weighted by Gasteiger charge is -2.01. The van der Waals surface area contributed by atoms with E-state index >= 15 is 0 Å². The number of hydrogen-bond acceptors (Lipinski definition) is 5. The quantitative estimate of drug-likeness (QED) is 0.378. The van der Waals surface area contributed by atoms with E-state index in [1.165, 1.54) is 0 Å². The second-order valence-electron chi connectivity index (χ2n) is 3.24. The van der Waals surface area contributed by atoms with Crippen LogP contribution in [0.4, 0.5) is 5.69 Å². The number of nitrogens with one attached hydrogen (secondary N) is 1. The number of sulfonamides is 1. The standard InChI is InChI=1S/C9H11ClN2O4S2/c1-2-3-4-5-11-18(15,16)8-6-7(12(13)14)9(10)17-8/h2-3,6,11H,4-5H2,1H3/b3-2+. The summed E-state index contributed by atoms with van der Waals surface area (Å²) in [6, 6.07) is 0.963. The Morgan fingerprint density at radius 1 is 1.61 bits per heavy atom. The molecule has 9 heteroatoms. The highest BCUT2D eigenvalue weighted by Crippen LogP contribution is 2.35. The van der Waals surface area contributed by atoms with Crippen molar-refractivity contribution in [2.24, 2.45) is 0 Å². The van der Waals surface area contributed by atoms with Gasteiger partial charge in [0, 0.05) is 12.6 Å². The van der Waals surface area contributed by atoms with Crippen LogP contribution in [-0.2, 0) is 10.0 Å². The van der Waals surface area contributed by atoms with Crippen LogP contribution in [0.25, 0.3) is 0 Å². The van der Waals surface area contributed by atoms with Gasteiger partial charge in [-0.05, 0) is 13.3 Å². The molecule has 0 aromatic carbocycles. The van der Waals surface area contributed by atoms with Crippen LogP contribution in [0.1, 0.15) is 13.3 Å². The fraction of sp³-hybridized carbons (Fsp3) is 0.333. The molecule has 1 N–H and O–H groups in total. The number of halogens is 1. The Bertz CT molecular complexity index is 565. The number of hydrogen-bond donors (Lipinski definition) is 1. The van der Waals surface area contributed by atoms with E-state index in [-0.39, 0.29) is 15.1 Å². The van der Waals surface area contributed by atoms with Gasteiger partial charge in [0.1, 0.15) is 4.21 Å². The van der Waals surface area contributed by atoms with Crippen LogP contribution in [0.2, 0.25) is 4.34 Å². The van der Waals surface area contributed by atoms with E-state index in [0.717, 1.165) is 6.07 Å². The smallest absolute Gasteiger partial charge is 0.258 e. The van der Waals surface area contributed by atoms with Crippen molar-refractivity contribution in [3.05, 3.63) is 32.7 Å². The van der Waals surface area contributed by atoms with Crippen molar-refractivity contribution in [3.8, 4) is 0 Å². The molecule has 6 nitrogen and oxygen atoms in total. The molecule has 0 aliphatic rings. The minimum Gasteiger partial charge on any atom is -0.258 e. The van der Waals surface area contributed by atoms with Gasteiger partial charge >= 0.3 is 0 Å². The van der Waals surface area contributed by atoms with Gasteiger partial charge in [0.2, 0.25) is 10.0 Å². The Balaban J connectivity index is 2.85. The van der Waals surface area contributed by atoms with Crippen molar-refractivity contribution in [2.75, 3.05) is 6.54 Å². The molecular formula is C9H11ClN2O4S2. The Labute approximate surface area is 113 Å². The van der Waals surface area contributed by atoms with Crippen molar-refractivity contribution in [2.45, 2.75) is 17.6 Å². The third-order valence-electron chi connectivity index (χ3n) is 1.95. The number of nitro groups is 1. The SMILES string of the molecule is C/C=C/CCNS(=O)(=O)c1cc([N+](=O)[O-])c(Cl)s1. The van der Waals surface area contributed by atoms with Crippen molar-refractivity contribution in [1.82, 2.24) is 4.72 Å². The Kier molecular flexibility index (Phi) is 5.27. The molecule has 0 unspecified atom stereocenters. The third kappa shape index (κ3) is 3.77. The highest BCUT2D eigenvalue weighted by molar-refractivity contribution is 7.91. The zero-order valence-electron chi connectivity index (χ0n) is 9.42. The van der Waals surface area contributed by atoms with Gasteiger partial charge in [0.15, 0.2) is 4.34 Å². The molecule has 1 aromatic rings. The van der Waals surface area contributed by atoms with E-state index in [1.54, 1.807) is 6.08 Å². The lowest BCUT2D eigenvalue weighted by Crippen LogP contribution is -2.23. The second-order valence-corrected chi connectivity index (χ2v) is 6.89. The molecule has 18 heavy (non-hydrogen) atoms. The zero-order chi connectivity index (χ0) is 13.8. The molecule has 0 aliphatic heterocycles. The number of thiophene rings is 1. The average molecular weight is 311 g/mol. The minimum absolute atomic E-state index is 0.145. The van der Waals surface area contributed by atoms with Crippen molar-refractivity contribution in [1.29, 1.82) is 0 Å². The molecule has 0 bridgehead atoms. The van der Waals surface area contributed by atoms with Gasteiger partial charge in [-0.1, -0.05) is 23.8 Å². The molecule has 0 spiro atoms. The first-order chi connectivity index (χ1) is 8.38. The van der Waals surface area contributed by atoms with E-state index in [2.05, 4.69) is 4.72 Å². The molecular weight excluding hydrogens is 300 g/mol. The lowest BCUT2D eigenvalue weighted by molar-refractivity contribution is -0.384. The molecule has 0 atom stereocenters. The van der Waals surface area contributed by atoms with Gasteiger partial charge in [-0.2, -0.15) is 0 Å². The molecule has 100 valence electrons. The highest BCUT2D eigenvalue weighted by Gasteiger charge is 2.24. The fourth-order valence-electron chi connectivity index (χ4n) is 1.11. The first-order valence-electron chi connectivity index (χ1n) is 4.93. The van der Waals surface area contributed by atoms with Crippen LogP contribution in [0.3, 0.4) is 0 Å². The summed E-state index contributed by atoms with van der Waals surface area (Å²) in [6.07, 6.45) is 4.17. The fourth-order valence-corrected chi connectivity index (χ4v) is 3.87. The second kappa shape index (κ2) is 6.28. The summed E-state index contributed by atoms with van der Waals surface area (Å²) in [5.74, 6) is 0. The van der Waals surface area contributed by atoms with Crippen LogP contribution in [0.15, 0.2) is 22.4 Å². The molecule has 0 aliphatic carbocycles. The van der Waals surface area contributed by atoms with Crippen molar-refractivity contribution < 1.29 is 13.3 Å². The van der Waals surface area contributed by atoms with E-state index in [0.29, 0.717) is 17.8 Å². The minimum atomic E-state index is -3.73. The average Bonchev–Trinajstić information content (AvgIpc) is 2.68. The molecule has 1 heterocycles. The summed E-state index contributed by atoms with van der Waals surface area (Å²) in [6.45, 7) is 2.06. The summed E-state index contributed by atoms with van der Waals surface area (Å²) in [7, 11) is -3.73. The maximum Gasteiger partial charge on any atom is 0.300 e. The Morgan fingerprint density at radius 2 is 2.28 bits per heavy atom. The van der Waals surface area contributed by atoms with Crippen LogP contribution in [0.5, 0.6) is 0 Å². The molecule has 0 radical (unpaired) electrons. The molecule has 0 saturated carbocycles. The highest BCUT2D eigenvalue weighted by atomic mass is 35.5. The van der Waals surface area contributed by atoms with Crippen LogP contribution < -0.4 is 4.72 Å². The van der Waals surface area contributed by atoms with Gasteiger partial charge in [0.25, 0.3) is 5.69 Å². The third-order valence-corrected chi connectivity index (χ3v) is 5.22. The normalized spacial score (nSPS) is 12.1. The van der Waals surface area contributed by atoms with Gasteiger partial charge in [-0.25, -0.2) is 13.1 Å². The van der Waals surface area contributed by atoms with E-state index in [1.807, 2.05) is 13.0 Å². The van der Waals surface area contributed by atoms with Gasteiger partial charge in [0.05, 0.1) is 4.92 Å². The van der Waals surface area contributed by atoms with Crippen molar-refractivity contribution >= 4 is 38.6 Å². The van der Waals surface area contributed by atoms with Crippen LogP contribution >= 0.6 is 22.9 Å².